The van der Waals surface area contributed by atoms with Crippen molar-refractivity contribution in [2.24, 2.45) is 16.8 Å². The van der Waals surface area contributed by atoms with Gasteiger partial charge in [-0.3, -0.25) is 4.67 Å². The van der Waals surface area contributed by atoms with E-state index in [1.807, 2.05) is 0 Å². The van der Waals surface area contributed by atoms with Crippen LogP contribution >= 0.6 is 8.07 Å². The van der Waals surface area contributed by atoms with Crippen LogP contribution < -0.4 is 20.1 Å². The maximum atomic E-state index is 6.27. The summed E-state index contributed by atoms with van der Waals surface area (Å²) in [6.07, 6.45) is 3.77. The maximum Gasteiger partial charge on any atom is 0.202 e. The molecule has 170 valence electrons. The summed E-state index contributed by atoms with van der Waals surface area (Å²) < 4.78 is 19.9. The summed E-state index contributed by atoms with van der Waals surface area (Å²) in [6.45, 7) is 5.19. The van der Waals surface area contributed by atoms with Gasteiger partial charge in [0, 0.05) is 14.1 Å². The van der Waals surface area contributed by atoms with Gasteiger partial charge in [-0.25, -0.2) is 4.99 Å². The van der Waals surface area contributed by atoms with E-state index in [2.05, 4.69) is 67.0 Å². The number of hydrogen-bond acceptors (Lipinski definition) is 5. The van der Waals surface area contributed by atoms with Crippen molar-refractivity contribution in [2.45, 2.75) is 51.2 Å². The lowest BCUT2D eigenvalue weighted by Crippen LogP contribution is -2.46. The Morgan fingerprint density at radius 2 is 1.53 bits per heavy atom. The third-order valence-electron chi connectivity index (χ3n) is 7.13. The van der Waals surface area contributed by atoms with Crippen molar-refractivity contribution >= 4 is 24.6 Å². The van der Waals surface area contributed by atoms with E-state index in [0.29, 0.717) is 17.9 Å². The highest BCUT2D eigenvalue weighted by Crippen LogP contribution is 2.55. The minimum Gasteiger partial charge on any atom is -0.497 e. The molecule has 2 aromatic rings. The van der Waals surface area contributed by atoms with Crippen LogP contribution in [0.4, 0.5) is 0 Å². The van der Waals surface area contributed by atoms with E-state index in [0.717, 1.165) is 24.0 Å². The number of benzene rings is 2. The molecule has 0 spiro atoms. The largest absolute Gasteiger partial charge is 0.497 e. The topological polar surface area (TPSA) is 43.3 Å². The molecule has 2 aliphatic heterocycles. The van der Waals surface area contributed by atoms with Crippen LogP contribution in [0.1, 0.15) is 33.1 Å². The van der Waals surface area contributed by atoms with Crippen molar-refractivity contribution in [1.29, 1.82) is 0 Å². The number of piperidine rings is 1. The fourth-order valence-electron chi connectivity index (χ4n) is 5.34. The fraction of sp³-hybridized carbons (Fsp3) is 0.500. The number of methoxy groups -OCH3 is 2. The van der Waals surface area contributed by atoms with Gasteiger partial charge in [0.05, 0.1) is 26.3 Å². The first-order chi connectivity index (χ1) is 15.6. The van der Waals surface area contributed by atoms with Gasteiger partial charge in [0.25, 0.3) is 0 Å². The molecule has 5 nitrogen and oxygen atoms in total. The standard InChI is InChI=1S/C26H33N2O3P/c1-17(2)24-16-31-26(27-24)25-18-5-6-19(15-18)28(25)32(22-11-7-20(29-3)8-12-22)23-13-9-21(30-4)10-14-23/h7-14,17-19,24-25H,5-6,15-16H2,1-4H3/t18-,19+,24-,25-/m1/s1. The van der Waals surface area contributed by atoms with Crippen LogP contribution in [0.25, 0.3) is 0 Å². The lowest BCUT2D eigenvalue weighted by atomic mass is 10.00. The Hall–Kier alpha value is -2.10. The van der Waals surface area contributed by atoms with Crippen LogP contribution in [-0.2, 0) is 4.74 Å². The monoisotopic (exact) mass is 452 g/mol. The van der Waals surface area contributed by atoms with E-state index in [9.17, 15) is 0 Å². The highest BCUT2D eigenvalue weighted by atomic mass is 31.1. The van der Waals surface area contributed by atoms with E-state index < -0.39 is 8.07 Å². The zero-order valence-electron chi connectivity index (χ0n) is 19.4. The molecule has 1 saturated carbocycles. The van der Waals surface area contributed by atoms with E-state index in [4.69, 9.17) is 19.2 Å². The molecule has 32 heavy (non-hydrogen) atoms. The molecule has 1 aliphatic carbocycles. The van der Waals surface area contributed by atoms with E-state index in [-0.39, 0.29) is 12.1 Å². The molecular weight excluding hydrogens is 419 g/mol. The van der Waals surface area contributed by atoms with Crippen molar-refractivity contribution < 1.29 is 14.2 Å². The summed E-state index contributed by atoms with van der Waals surface area (Å²) in [5, 5.41) is 2.67. The van der Waals surface area contributed by atoms with Gasteiger partial charge in [0.2, 0.25) is 5.90 Å². The number of hydrogen-bond donors (Lipinski definition) is 0. The first-order valence-corrected chi connectivity index (χ1v) is 13.0. The van der Waals surface area contributed by atoms with Gasteiger partial charge < -0.3 is 14.2 Å². The zero-order chi connectivity index (χ0) is 22.2. The molecule has 2 aromatic carbocycles. The minimum absolute atomic E-state index is 0.271. The molecule has 5 rings (SSSR count). The number of ether oxygens (including phenoxy) is 3. The second-order valence-electron chi connectivity index (χ2n) is 9.35. The van der Waals surface area contributed by atoms with Crippen molar-refractivity contribution in [3.8, 4) is 11.5 Å². The predicted molar refractivity (Wildman–Crippen MR) is 131 cm³/mol. The van der Waals surface area contributed by atoms with E-state index in [1.54, 1.807) is 14.2 Å². The van der Waals surface area contributed by atoms with Gasteiger partial charge in [-0.15, -0.1) is 0 Å². The Balaban J connectivity index is 1.56. The number of rotatable bonds is 7. The molecule has 0 aromatic heterocycles. The molecule has 4 atom stereocenters. The van der Waals surface area contributed by atoms with Gasteiger partial charge in [-0.05, 0) is 90.2 Å². The Morgan fingerprint density at radius 3 is 2.03 bits per heavy atom. The van der Waals surface area contributed by atoms with Gasteiger partial charge >= 0.3 is 0 Å². The lowest BCUT2D eigenvalue weighted by Gasteiger charge is -2.40. The van der Waals surface area contributed by atoms with Gasteiger partial charge in [0.15, 0.2) is 0 Å². The first-order valence-electron chi connectivity index (χ1n) is 11.7. The quantitative estimate of drug-likeness (QED) is 0.586. The summed E-state index contributed by atoms with van der Waals surface area (Å²) in [5.41, 5.74) is 0. The van der Waals surface area contributed by atoms with Crippen molar-refractivity contribution in [1.82, 2.24) is 4.67 Å². The Kier molecular flexibility index (Phi) is 6.14. The van der Waals surface area contributed by atoms with Crippen molar-refractivity contribution in [3.05, 3.63) is 48.5 Å². The Morgan fingerprint density at radius 1 is 0.938 bits per heavy atom. The SMILES string of the molecule is COc1ccc(P(c2ccc(OC)cc2)N2[C@H]3CC[C@H](C3)[C@@H]2C2=N[C@@H](C(C)C)CO2)cc1. The average molecular weight is 453 g/mol. The molecule has 2 fully saturated rings. The normalized spacial score (nSPS) is 27.1. The highest BCUT2D eigenvalue weighted by Gasteiger charge is 2.53. The van der Waals surface area contributed by atoms with Crippen LogP contribution in [0.3, 0.4) is 0 Å². The van der Waals surface area contributed by atoms with E-state index >= 15 is 0 Å². The van der Waals surface area contributed by atoms with Gasteiger partial charge in [-0.1, -0.05) is 13.8 Å². The van der Waals surface area contributed by atoms with Crippen molar-refractivity contribution in [3.63, 3.8) is 0 Å². The van der Waals surface area contributed by atoms with Crippen LogP contribution in [0, 0.1) is 11.8 Å². The molecule has 3 aliphatic rings. The molecule has 6 heteroatoms. The molecule has 0 amide bonds. The molecule has 2 heterocycles. The summed E-state index contributed by atoms with van der Waals surface area (Å²) in [6, 6.07) is 18.4. The van der Waals surface area contributed by atoms with E-state index in [1.165, 1.54) is 29.9 Å². The fourth-order valence-corrected chi connectivity index (χ4v) is 8.11. The summed E-state index contributed by atoms with van der Waals surface area (Å²) >= 11 is 0. The molecule has 0 radical (unpaired) electrons. The second-order valence-corrected chi connectivity index (χ2v) is 11.5. The summed E-state index contributed by atoms with van der Waals surface area (Å²) in [4.78, 5) is 5.09. The number of fused-ring (bicyclic) bond motifs is 2. The zero-order valence-corrected chi connectivity index (χ0v) is 20.3. The Labute approximate surface area is 192 Å². The van der Waals surface area contributed by atoms with Gasteiger partial charge in [-0.2, -0.15) is 0 Å². The van der Waals surface area contributed by atoms with Crippen LogP contribution in [-0.4, -0.2) is 49.5 Å². The minimum atomic E-state index is -0.725. The Bertz CT molecular complexity index is 913. The summed E-state index contributed by atoms with van der Waals surface area (Å²) in [5.74, 6) is 3.89. The maximum absolute atomic E-state index is 6.27. The summed E-state index contributed by atoms with van der Waals surface area (Å²) in [7, 11) is 2.71. The molecule has 2 bridgehead atoms. The first kappa shape index (κ1) is 21.7. The third-order valence-corrected chi connectivity index (χ3v) is 9.75. The lowest BCUT2D eigenvalue weighted by molar-refractivity contribution is 0.241. The predicted octanol–water partition coefficient (Wildman–Crippen LogP) is 4.36. The van der Waals surface area contributed by atoms with Crippen LogP contribution in [0.2, 0.25) is 0 Å². The van der Waals surface area contributed by atoms with Crippen LogP contribution in [0.15, 0.2) is 53.5 Å². The molecule has 1 saturated heterocycles. The molecule has 0 N–H and O–H groups in total. The number of aliphatic imine (C=N–C) groups is 1. The van der Waals surface area contributed by atoms with Crippen molar-refractivity contribution in [2.75, 3.05) is 20.8 Å². The van der Waals surface area contributed by atoms with Gasteiger partial charge in [0.1, 0.15) is 18.1 Å². The highest BCUT2D eigenvalue weighted by molar-refractivity contribution is 7.70. The van der Waals surface area contributed by atoms with Crippen LogP contribution in [0.5, 0.6) is 11.5 Å². The number of nitrogens with zero attached hydrogens (tertiary/aromatic N) is 2. The smallest absolute Gasteiger partial charge is 0.202 e. The molecular formula is C26H33N2O3P. The molecule has 0 unspecified atom stereocenters. The average Bonchev–Trinajstić information content (AvgIpc) is 3.57. The second kappa shape index (κ2) is 9.03. The third kappa shape index (κ3) is 3.91.